The quantitative estimate of drug-likeness (QED) is 0.166. The van der Waals surface area contributed by atoms with E-state index in [1.54, 1.807) is 0 Å². The molecule has 36 heavy (non-hydrogen) atoms. The summed E-state index contributed by atoms with van der Waals surface area (Å²) in [5.41, 5.74) is -2.91. The van der Waals surface area contributed by atoms with Crippen molar-refractivity contribution in [3.8, 4) is 0 Å². The number of nitrogens with zero attached hydrogens (tertiary/aromatic N) is 3. The Morgan fingerprint density at radius 2 is 1.36 bits per heavy atom. The van der Waals surface area contributed by atoms with Gasteiger partial charge in [0.2, 0.25) is 0 Å². The molecule has 0 bridgehead atoms. The number of aliphatic hydroxyl groups excluding tert-OH is 4. The molecule has 198 valence electrons. The number of hydrogen-bond donors (Lipinski definition) is 7. The van der Waals surface area contributed by atoms with Gasteiger partial charge in [-0.05, 0) is 6.42 Å². The highest BCUT2D eigenvalue weighted by molar-refractivity contribution is 4.95. The van der Waals surface area contributed by atoms with Crippen LogP contribution in [0.5, 0.6) is 0 Å². The van der Waals surface area contributed by atoms with Crippen LogP contribution in [0.2, 0.25) is 0 Å². The number of H-pyrrole nitrogens is 2. The van der Waals surface area contributed by atoms with Crippen molar-refractivity contribution in [1.29, 1.82) is 0 Å². The summed E-state index contributed by atoms with van der Waals surface area (Å²) in [6.07, 6.45) is -6.34. The molecular formula is C20H27N5O11. The Morgan fingerprint density at radius 3 is 1.89 bits per heavy atom. The Bertz CT molecular complexity index is 1290. The Morgan fingerprint density at radius 1 is 0.833 bits per heavy atom. The molecule has 8 atom stereocenters. The number of nitrogens with one attached hydrogen (secondary N) is 2. The van der Waals surface area contributed by atoms with Crippen LogP contribution in [0, 0.1) is 5.92 Å². The van der Waals surface area contributed by atoms with Crippen molar-refractivity contribution in [2.75, 3.05) is 19.7 Å². The van der Waals surface area contributed by atoms with Gasteiger partial charge in [0.1, 0.15) is 24.4 Å². The lowest BCUT2D eigenvalue weighted by Gasteiger charge is -2.24. The van der Waals surface area contributed by atoms with E-state index in [9.17, 15) is 44.8 Å². The number of hydroxylamine groups is 2. The zero-order valence-corrected chi connectivity index (χ0v) is 18.8. The summed E-state index contributed by atoms with van der Waals surface area (Å²) in [5, 5.41) is 52.2. The second-order valence-electron chi connectivity index (χ2n) is 8.68. The van der Waals surface area contributed by atoms with Gasteiger partial charge in [0.25, 0.3) is 11.1 Å². The molecule has 0 aliphatic carbocycles. The van der Waals surface area contributed by atoms with Gasteiger partial charge in [-0.15, -0.1) is 0 Å². The van der Waals surface area contributed by atoms with Gasteiger partial charge in [0, 0.05) is 37.0 Å². The number of aromatic amines is 2. The standard InChI is InChI=1S/C20H27N5O11/c26-8-11-9(14(29)17(36-11)24-5-2-12(27)21-19(24)32)1-4-23(34)7-10-15(30)16(31)18(35-10)25-6-3-13(28)22-20(25)33/h2-3,5-6,9-11,14-18,26,29-31,34H,1,4,7-8H2,(H,21,27,32)(H,22,28,33)/t9-,10-,11-,14-,15-,16-,17-,18-/m1/s1. The van der Waals surface area contributed by atoms with Crippen LogP contribution < -0.4 is 22.5 Å². The van der Waals surface area contributed by atoms with Crippen LogP contribution in [-0.2, 0) is 9.47 Å². The smallest absolute Gasteiger partial charge is 0.330 e. The highest BCUT2D eigenvalue weighted by Gasteiger charge is 2.46. The van der Waals surface area contributed by atoms with Gasteiger partial charge in [0.05, 0.1) is 19.3 Å². The normalized spacial score (nSPS) is 32.4. The van der Waals surface area contributed by atoms with Crippen molar-refractivity contribution in [1.82, 2.24) is 24.2 Å². The van der Waals surface area contributed by atoms with Gasteiger partial charge in [-0.1, -0.05) is 0 Å². The van der Waals surface area contributed by atoms with E-state index < -0.39 is 78.0 Å². The first-order valence-electron chi connectivity index (χ1n) is 11.1. The van der Waals surface area contributed by atoms with Crippen molar-refractivity contribution >= 4 is 0 Å². The molecule has 0 saturated carbocycles. The van der Waals surface area contributed by atoms with Crippen molar-refractivity contribution in [2.24, 2.45) is 5.92 Å². The molecule has 0 unspecified atom stereocenters. The van der Waals surface area contributed by atoms with Gasteiger partial charge in [-0.3, -0.25) is 28.7 Å². The van der Waals surface area contributed by atoms with Crippen LogP contribution in [0.4, 0.5) is 0 Å². The second-order valence-corrected chi connectivity index (χ2v) is 8.68. The number of hydrogen-bond acceptors (Lipinski definition) is 12. The first-order chi connectivity index (χ1) is 17.1. The van der Waals surface area contributed by atoms with Crippen molar-refractivity contribution in [3.63, 3.8) is 0 Å². The van der Waals surface area contributed by atoms with Crippen LogP contribution >= 0.6 is 0 Å². The number of aromatic nitrogens is 4. The fourth-order valence-electron chi connectivity index (χ4n) is 4.52. The van der Waals surface area contributed by atoms with E-state index in [4.69, 9.17) is 9.47 Å². The molecule has 0 amide bonds. The van der Waals surface area contributed by atoms with Crippen LogP contribution in [0.25, 0.3) is 0 Å². The van der Waals surface area contributed by atoms with E-state index in [0.29, 0.717) is 0 Å². The number of aliphatic hydroxyl groups is 4. The van der Waals surface area contributed by atoms with Gasteiger partial charge in [-0.25, -0.2) is 9.59 Å². The Balaban J connectivity index is 1.38. The minimum Gasteiger partial charge on any atom is -0.394 e. The highest BCUT2D eigenvalue weighted by Crippen LogP contribution is 2.35. The summed E-state index contributed by atoms with van der Waals surface area (Å²) in [7, 11) is 0. The van der Waals surface area contributed by atoms with Crippen LogP contribution in [-0.4, -0.2) is 100 Å². The fourth-order valence-corrected chi connectivity index (χ4v) is 4.52. The Labute approximate surface area is 201 Å². The van der Waals surface area contributed by atoms with Crippen molar-refractivity contribution in [3.05, 3.63) is 66.2 Å². The molecule has 2 aromatic rings. The van der Waals surface area contributed by atoms with Gasteiger partial charge < -0.3 is 35.1 Å². The molecule has 4 rings (SSSR count). The molecule has 7 N–H and O–H groups in total. The molecule has 2 aliphatic heterocycles. The van der Waals surface area contributed by atoms with E-state index in [1.165, 1.54) is 6.20 Å². The zero-order chi connectivity index (χ0) is 26.1. The van der Waals surface area contributed by atoms with Crippen molar-refractivity contribution in [2.45, 2.75) is 49.4 Å². The van der Waals surface area contributed by atoms with E-state index in [1.807, 2.05) is 4.98 Å². The minimum absolute atomic E-state index is 0.0826. The zero-order valence-electron chi connectivity index (χ0n) is 18.8. The summed E-state index contributed by atoms with van der Waals surface area (Å²) >= 11 is 0. The van der Waals surface area contributed by atoms with Crippen LogP contribution in [0.3, 0.4) is 0 Å². The fraction of sp³-hybridized carbons (Fsp3) is 0.600. The van der Waals surface area contributed by atoms with Gasteiger partial charge in [-0.2, -0.15) is 5.06 Å². The monoisotopic (exact) mass is 513 g/mol. The number of ether oxygens (including phenoxy) is 2. The summed E-state index contributed by atoms with van der Waals surface area (Å²) in [4.78, 5) is 50.7. The molecule has 0 spiro atoms. The third kappa shape index (κ3) is 5.11. The molecule has 2 fully saturated rings. The molecule has 0 radical (unpaired) electrons. The summed E-state index contributed by atoms with van der Waals surface area (Å²) in [5.74, 6) is -0.707. The number of rotatable bonds is 8. The molecule has 2 aliphatic rings. The maximum atomic E-state index is 12.1. The topological polar surface area (TPSA) is 233 Å². The molecule has 16 heteroatoms. The second kappa shape index (κ2) is 10.6. The average Bonchev–Trinajstić information content (AvgIpc) is 3.28. The average molecular weight is 513 g/mol. The first kappa shape index (κ1) is 26.1. The predicted octanol–water partition coefficient (Wildman–Crippen LogP) is -4.35. The summed E-state index contributed by atoms with van der Waals surface area (Å²) in [6, 6.07) is 2.14. The molecule has 16 nitrogen and oxygen atoms in total. The van der Waals surface area contributed by atoms with E-state index in [0.717, 1.165) is 32.5 Å². The SMILES string of the molecule is O=c1ccn([C@@H]2O[C@H](CN(O)CC[C@H]3[C@@H](O)[C@H](n4ccc(=O)[nH]c4=O)O[C@@H]3CO)[C@@H](O)[C@H]2O)c(=O)[nH]1. The maximum Gasteiger partial charge on any atom is 0.330 e. The molecule has 4 heterocycles. The third-order valence-electron chi connectivity index (χ3n) is 6.40. The van der Waals surface area contributed by atoms with Gasteiger partial charge >= 0.3 is 11.4 Å². The first-order valence-corrected chi connectivity index (χ1v) is 11.1. The molecular weight excluding hydrogens is 486 g/mol. The van der Waals surface area contributed by atoms with Gasteiger partial charge in [0.15, 0.2) is 12.5 Å². The Kier molecular flexibility index (Phi) is 7.67. The van der Waals surface area contributed by atoms with Crippen LogP contribution in [0.1, 0.15) is 18.9 Å². The minimum atomic E-state index is -1.52. The predicted molar refractivity (Wildman–Crippen MR) is 117 cm³/mol. The lowest BCUT2D eigenvalue weighted by Crippen LogP contribution is -2.40. The molecule has 0 aromatic carbocycles. The Hall–Kier alpha value is -2.96. The highest BCUT2D eigenvalue weighted by atomic mass is 16.6. The third-order valence-corrected chi connectivity index (χ3v) is 6.40. The molecule has 2 saturated heterocycles. The lowest BCUT2D eigenvalue weighted by atomic mass is 9.94. The van der Waals surface area contributed by atoms with Crippen molar-refractivity contribution < 1.29 is 35.1 Å². The largest absolute Gasteiger partial charge is 0.394 e. The lowest BCUT2D eigenvalue weighted by molar-refractivity contribution is -0.140. The summed E-state index contributed by atoms with van der Waals surface area (Å²) < 4.78 is 13.1. The maximum absolute atomic E-state index is 12.1. The summed E-state index contributed by atoms with van der Waals surface area (Å²) in [6.45, 7) is -0.849. The molecule has 2 aromatic heterocycles. The van der Waals surface area contributed by atoms with E-state index in [-0.39, 0.29) is 19.5 Å². The van der Waals surface area contributed by atoms with E-state index >= 15 is 0 Å². The van der Waals surface area contributed by atoms with E-state index in [2.05, 4.69) is 4.98 Å². The van der Waals surface area contributed by atoms with Crippen LogP contribution in [0.15, 0.2) is 43.7 Å².